The zero-order valence-corrected chi connectivity index (χ0v) is 12.8. The second kappa shape index (κ2) is 5.17. The molecule has 0 radical (unpaired) electrons. The molecule has 0 atom stereocenters. The number of nitrogens with one attached hydrogen (secondary N) is 3. The number of rotatable bonds is 3. The van der Waals surface area contributed by atoms with E-state index in [9.17, 15) is 4.79 Å². The highest BCUT2D eigenvalue weighted by molar-refractivity contribution is 7.09. The Labute approximate surface area is 125 Å². The van der Waals surface area contributed by atoms with Crippen LogP contribution >= 0.6 is 11.3 Å². The first-order valence-corrected chi connectivity index (χ1v) is 7.36. The van der Waals surface area contributed by atoms with Gasteiger partial charge in [0.15, 0.2) is 5.82 Å². The summed E-state index contributed by atoms with van der Waals surface area (Å²) in [5.41, 5.74) is 4.13. The number of thiazole rings is 1. The predicted molar refractivity (Wildman–Crippen MR) is 82.7 cm³/mol. The summed E-state index contributed by atoms with van der Waals surface area (Å²) < 4.78 is 0. The molecule has 7 heteroatoms. The van der Waals surface area contributed by atoms with E-state index < -0.39 is 0 Å². The van der Waals surface area contributed by atoms with Crippen LogP contribution < -0.4 is 5.32 Å². The number of carbonyl (C=O) groups is 1. The van der Waals surface area contributed by atoms with Crippen LogP contribution in [0.1, 0.15) is 26.8 Å². The molecule has 0 unspecified atom stereocenters. The quantitative estimate of drug-likeness (QED) is 0.695. The number of aromatic amines is 2. The van der Waals surface area contributed by atoms with Crippen molar-refractivity contribution in [2.75, 3.05) is 5.32 Å². The van der Waals surface area contributed by atoms with E-state index in [2.05, 4.69) is 25.5 Å². The number of carbonyl (C=O) groups excluding carboxylic acids is 1. The van der Waals surface area contributed by atoms with Gasteiger partial charge in [0.1, 0.15) is 5.69 Å². The highest BCUT2D eigenvalue weighted by atomic mass is 32.1. The van der Waals surface area contributed by atoms with Crippen molar-refractivity contribution in [2.45, 2.75) is 20.8 Å². The van der Waals surface area contributed by atoms with Crippen molar-refractivity contribution in [3.63, 3.8) is 0 Å². The van der Waals surface area contributed by atoms with Gasteiger partial charge in [-0.1, -0.05) is 0 Å². The molecule has 0 aromatic carbocycles. The lowest BCUT2D eigenvalue weighted by Gasteiger charge is -2.00. The van der Waals surface area contributed by atoms with Gasteiger partial charge in [-0.3, -0.25) is 9.89 Å². The minimum Gasteiger partial charge on any atom is -0.357 e. The smallest absolute Gasteiger partial charge is 0.273 e. The molecule has 0 bridgehead atoms. The lowest BCUT2D eigenvalue weighted by atomic mass is 10.2. The maximum atomic E-state index is 12.2. The van der Waals surface area contributed by atoms with E-state index in [1.807, 2.05) is 26.2 Å². The topological polar surface area (TPSA) is 86.5 Å². The van der Waals surface area contributed by atoms with E-state index >= 15 is 0 Å². The van der Waals surface area contributed by atoms with Crippen LogP contribution in [0.4, 0.5) is 5.82 Å². The van der Waals surface area contributed by atoms with Crippen LogP contribution in [0, 0.1) is 20.8 Å². The second-order valence-electron chi connectivity index (χ2n) is 4.83. The molecular weight excluding hydrogens is 286 g/mol. The minimum absolute atomic E-state index is 0.220. The van der Waals surface area contributed by atoms with Crippen molar-refractivity contribution < 1.29 is 4.79 Å². The fraction of sp³-hybridized carbons (Fsp3) is 0.214. The van der Waals surface area contributed by atoms with Crippen molar-refractivity contribution in [1.82, 2.24) is 20.2 Å². The van der Waals surface area contributed by atoms with Crippen LogP contribution in [-0.2, 0) is 0 Å². The third-order valence-corrected chi connectivity index (χ3v) is 4.10. The van der Waals surface area contributed by atoms with Crippen LogP contribution in [-0.4, -0.2) is 26.1 Å². The van der Waals surface area contributed by atoms with Crippen LogP contribution in [0.3, 0.4) is 0 Å². The molecule has 0 aliphatic carbocycles. The molecular formula is C14H15N5OS. The number of hydrogen-bond acceptors (Lipinski definition) is 4. The maximum absolute atomic E-state index is 12.2. The lowest BCUT2D eigenvalue weighted by molar-refractivity contribution is 0.102. The molecule has 0 saturated heterocycles. The van der Waals surface area contributed by atoms with E-state index in [0.717, 1.165) is 27.5 Å². The van der Waals surface area contributed by atoms with E-state index in [1.165, 1.54) is 0 Å². The highest BCUT2D eigenvalue weighted by Gasteiger charge is 2.14. The van der Waals surface area contributed by atoms with Gasteiger partial charge in [0.05, 0.1) is 10.7 Å². The van der Waals surface area contributed by atoms with Gasteiger partial charge in [0, 0.05) is 28.4 Å². The molecule has 3 N–H and O–H groups in total. The molecule has 0 fully saturated rings. The summed E-state index contributed by atoms with van der Waals surface area (Å²) in [6.07, 6.45) is 1.78. The lowest BCUT2D eigenvalue weighted by Crippen LogP contribution is -2.13. The average Bonchev–Trinajstić information content (AvgIpc) is 3.15. The summed E-state index contributed by atoms with van der Waals surface area (Å²) in [6, 6.07) is 1.79. The Bertz CT molecular complexity index is 798. The van der Waals surface area contributed by atoms with Gasteiger partial charge in [0.2, 0.25) is 0 Å². The van der Waals surface area contributed by atoms with Crippen molar-refractivity contribution in [3.8, 4) is 11.3 Å². The van der Waals surface area contributed by atoms with Crippen LogP contribution in [0.5, 0.6) is 0 Å². The summed E-state index contributed by atoms with van der Waals surface area (Å²) in [5, 5.41) is 12.7. The number of aromatic nitrogens is 4. The zero-order valence-electron chi connectivity index (χ0n) is 11.9. The van der Waals surface area contributed by atoms with Crippen LogP contribution in [0.2, 0.25) is 0 Å². The Morgan fingerprint density at radius 2 is 2.14 bits per heavy atom. The number of H-pyrrole nitrogens is 2. The summed E-state index contributed by atoms with van der Waals surface area (Å²) in [4.78, 5) is 19.6. The first kappa shape index (κ1) is 13.6. The molecule has 21 heavy (non-hydrogen) atoms. The fourth-order valence-corrected chi connectivity index (χ4v) is 2.57. The van der Waals surface area contributed by atoms with Crippen molar-refractivity contribution in [2.24, 2.45) is 0 Å². The molecule has 0 spiro atoms. The number of hydrogen-bond donors (Lipinski definition) is 3. The average molecular weight is 301 g/mol. The molecule has 6 nitrogen and oxygen atoms in total. The Hall–Kier alpha value is -2.41. The third-order valence-electron chi connectivity index (χ3n) is 3.33. The molecule has 3 heterocycles. The zero-order chi connectivity index (χ0) is 15.0. The molecule has 3 aromatic rings. The van der Waals surface area contributed by atoms with Gasteiger partial charge in [-0.2, -0.15) is 5.10 Å². The molecule has 3 rings (SSSR count). The Kier molecular flexibility index (Phi) is 3.34. The van der Waals surface area contributed by atoms with Crippen molar-refractivity contribution in [1.29, 1.82) is 0 Å². The first-order chi connectivity index (χ1) is 10.0. The number of aryl methyl sites for hydroxylation is 2. The molecule has 1 amide bonds. The summed E-state index contributed by atoms with van der Waals surface area (Å²) in [5.74, 6) is 0.334. The molecule has 0 aliphatic rings. The number of nitrogens with zero attached hydrogens (tertiary/aromatic N) is 2. The van der Waals surface area contributed by atoms with E-state index in [1.54, 1.807) is 23.6 Å². The summed E-state index contributed by atoms with van der Waals surface area (Å²) in [7, 11) is 0. The fourth-order valence-electron chi connectivity index (χ4n) is 1.95. The number of amides is 1. The predicted octanol–water partition coefficient (Wildman–Crippen LogP) is 3.04. The van der Waals surface area contributed by atoms with E-state index in [0.29, 0.717) is 11.5 Å². The Morgan fingerprint density at radius 1 is 1.33 bits per heavy atom. The van der Waals surface area contributed by atoms with Gasteiger partial charge in [-0.25, -0.2) is 4.98 Å². The second-order valence-corrected chi connectivity index (χ2v) is 5.89. The summed E-state index contributed by atoms with van der Waals surface area (Å²) in [6.45, 7) is 5.78. The maximum Gasteiger partial charge on any atom is 0.273 e. The van der Waals surface area contributed by atoms with Crippen molar-refractivity contribution >= 4 is 23.1 Å². The largest absolute Gasteiger partial charge is 0.357 e. The normalized spacial score (nSPS) is 10.8. The minimum atomic E-state index is -0.220. The van der Waals surface area contributed by atoms with Crippen LogP contribution in [0.25, 0.3) is 11.3 Å². The summed E-state index contributed by atoms with van der Waals surface area (Å²) >= 11 is 1.58. The monoisotopic (exact) mass is 301 g/mol. The third kappa shape index (κ3) is 2.59. The molecule has 3 aromatic heterocycles. The molecule has 0 aliphatic heterocycles. The van der Waals surface area contributed by atoms with Gasteiger partial charge in [-0.05, 0) is 26.8 Å². The van der Waals surface area contributed by atoms with Gasteiger partial charge >= 0.3 is 0 Å². The van der Waals surface area contributed by atoms with E-state index in [4.69, 9.17) is 0 Å². The Balaban J connectivity index is 1.80. The van der Waals surface area contributed by atoms with E-state index in [-0.39, 0.29) is 5.91 Å². The van der Waals surface area contributed by atoms with Gasteiger partial charge in [0.25, 0.3) is 5.91 Å². The highest BCUT2D eigenvalue weighted by Crippen LogP contribution is 2.23. The van der Waals surface area contributed by atoms with Gasteiger partial charge in [-0.15, -0.1) is 11.3 Å². The standard InChI is InChI=1S/C14H15N5OS/c1-7-8(2)18-19-13(7)17-14(20)11-4-10(5-15-11)12-6-21-9(3)16-12/h4-6,15H,1-3H3,(H2,17,18,19,20). The molecule has 108 valence electrons. The van der Waals surface area contributed by atoms with Gasteiger partial charge < -0.3 is 10.3 Å². The first-order valence-electron chi connectivity index (χ1n) is 6.48. The number of anilines is 1. The molecule has 0 saturated carbocycles. The SMILES string of the molecule is Cc1nc(-c2c[nH]c(C(=O)Nc3n[nH]c(C)c3C)c2)cs1. The van der Waals surface area contributed by atoms with Crippen LogP contribution in [0.15, 0.2) is 17.6 Å². The Morgan fingerprint density at radius 3 is 2.76 bits per heavy atom. The van der Waals surface area contributed by atoms with Crippen molar-refractivity contribution in [3.05, 3.63) is 39.6 Å².